The molecule has 6 nitrogen and oxygen atoms in total. The zero-order chi connectivity index (χ0) is 27.3. The second-order valence-electron chi connectivity index (χ2n) is 10.1. The highest BCUT2D eigenvalue weighted by Crippen LogP contribution is 2.53. The second-order valence-corrected chi connectivity index (χ2v) is 12.3. The average Bonchev–Trinajstić information content (AvgIpc) is 3.66. The number of aromatic nitrogens is 1. The van der Waals surface area contributed by atoms with Gasteiger partial charge in [0.2, 0.25) is 0 Å². The van der Waals surface area contributed by atoms with Crippen molar-refractivity contribution in [2.75, 3.05) is 0 Å². The molecule has 2 aliphatic rings. The van der Waals surface area contributed by atoms with Gasteiger partial charge in [0.05, 0.1) is 31.1 Å². The lowest BCUT2D eigenvalue weighted by atomic mass is 9.65. The molecule has 202 valence electrons. The highest BCUT2D eigenvalue weighted by molar-refractivity contribution is 7.79. The molecule has 1 aromatic heterocycles. The summed E-state index contributed by atoms with van der Waals surface area (Å²) in [5.74, 6) is 1.69. The first-order chi connectivity index (χ1) is 18.7. The van der Waals surface area contributed by atoms with Gasteiger partial charge in [-0.1, -0.05) is 64.2 Å². The first kappa shape index (κ1) is 26.8. The van der Waals surface area contributed by atoms with E-state index in [1.54, 1.807) is 54.6 Å². The molecule has 2 N–H and O–H groups in total. The number of hydrogen-bond donors (Lipinski definition) is 2. The molecule has 1 heterocycles. The quantitative estimate of drug-likeness (QED) is 0.197. The summed E-state index contributed by atoms with van der Waals surface area (Å²) in [5, 5.41) is 16.9. The number of aliphatic hydroxyl groups is 1. The van der Waals surface area contributed by atoms with Gasteiger partial charge in [-0.15, -0.1) is 0 Å². The van der Waals surface area contributed by atoms with E-state index in [0.29, 0.717) is 61.3 Å². The largest absolute Gasteiger partial charge is 0.489 e. The van der Waals surface area contributed by atoms with E-state index in [9.17, 15) is 13.9 Å². The number of hydrogen-bond acceptors (Lipinski definition) is 5. The molecule has 4 aromatic rings. The van der Waals surface area contributed by atoms with Crippen LogP contribution in [0.3, 0.4) is 0 Å². The molecule has 0 amide bonds. The van der Waals surface area contributed by atoms with Crippen LogP contribution in [0.4, 0.5) is 0 Å². The molecule has 0 saturated heterocycles. The Hall–Kier alpha value is -2.39. The van der Waals surface area contributed by atoms with Gasteiger partial charge >= 0.3 is 0 Å². The summed E-state index contributed by atoms with van der Waals surface area (Å²) in [6, 6.07) is 17.6. The minimum absolute atomic E-state index is 0.0648. The molecule has 0 aliphatic heterocycles. The lowest BCUT2D eigenvalue weighted by molar-refractivity contribution is -0.0549. The molecule has 3 aromatic carbocycles. The van der Waals surface area contributed by atoms with Gasteiger partial charge in [0.1, 0.15) is 23.8 Å². The highest BCUT2D eigenvalue weighted by atomic mass is 35.5. The van der Waals surface area contributed by atoms with Crippen LogP contribution in [-0.4, -0.2) is 19.0 Å². The number of halogens is 3. The maximum Gasteiger partial charge on any atom is 0.186 e. The van der Waals surface area contributed by atoms with Crippen LogP contribution in [0.2, 0.25) is 15.1 Å². The van der Waals surface area contributed by atoms with Crippen LogP contribution < -0.4 is 4.74 Å². The molecule has 10 heteroatoms. The van der Waals surface area contributed by atoms with Crippen LogP contribution in [0.15, 0.2) is 70.1 Å². The lowest BCUT2D eigenvalue weighted by Crippen LogP contribution is -2.40. The van der Waals surface area contributed by atoms with Crippen LogP contribution in [0.5, 0.6) is 5.75 Å². The average molecular weight is 605 g/mol. The van der Waals surface area contributed by atoms with Gasteiger partial charge in [0, 0.05) is 17.0 Å². The maximum atomic E-state index is 11.4. The van der Waals surface area contributed by atoms with Crippen molar-refractivity contribution in [3.05, 3.63) is 98.2 Å². The Morgan fingerprint density at radius 1 is 0.974 bits per heavy atom. The van der Waals surface area contributed by atoms with Crippen molar-refractivity contribution in [1.29, 1.82) is 0 Å². The van der Waals surface area contributed by atoms with Crippen LogP contribution in [-0.2, 0) is 23.3 Å². The minimum atomic E-state index is -2.04. The van der Waals surface area contributed by atoms with Crippen molar-refractivity contribution in [2.45, 2.75) is 54.6 Å². The number of ether oxygens (including phenoxy) is 1. The van der Waals surface area contributed by atoms with Gasteiger partial charge in [-0.3, -0.25) is 0 Å². The van der Waals surface area contributed by atoms with Gasteiger partial charge in [-0.2, -0.15) is 0 Å². The highest BCUT2D eigenvalue weighted by Gasteiger charge is 2.45. The Bertz CT molecular complexity index is 1560. The van der Waals surface area contributed by atoms with Crippen LogP contribution in [0.1, 0.15) is 60.0 Å². The van der Waals surface area contributed by atoms with E-state index in [1.165, 1.54) is 0 Å². The maximum absolute atomic E-state index is 11.4. The van der Waals surface area contributed by atoms with Gasteiger partial charge in [0.15, 0.2) is 11.1 Å². The van der Waals surface area contributed by atoms with Gasteiger partial charge in [-0.05, 0) is 73.6 Å². The Balaban J connectivity index is 1.19. The summed E-state index contributed by atoms with van der Waals surface area (Å²) in [6.07, 6.45) is 2.98. The second kappa shape index (κ2) is 10.5. The first-order valence-corrected chi connectivity index (χ1v) is 14.8. The Labute approximate surface area is 243 Å². The van der Waals surface area contributed by atoms with Crippen molar-refractivity contribution < 1.29 is 23.1 Å². The molecule has 0 bridgehead atoms. The number of benzene rings is 3. The van der Waals surface area contributed by atoms with Crippen LogP contribution >= 0.6 is 34.8 Å². The number of nitrogens with zero attached hydrogens (tertiary/aromatic N) is 1. The SMILES string of the molecule is O=S(O)c1cccc(C2CC(O)(c3ccc(OCc4c(-c5c(Cl)cccc5Cl)noc4C4CC4)cc3Cl)C2)c1. The molecule has 2 aliphatic carbocycles. The molecule has 0 spiro atoms. The standard InChI is InChI=1S/C29H24Cl3NO5S/c30-23-5-2-6-24(31)26(23)27-21(28(38-33-27)16-7-8-16)15-37-19-9-10-22(25(32)12-19)29(34)13-18(14-29)17-3-1-4-20(11-17)39(35)36/h1-6,9-12,16,18,34H,7-8,13-15H2,(H,35,36). The number of rotatable bonds is 8. The predicted octanol–water partition coefficient (Wildman–Crippen LogP) is 8.10. The van der Waals surface area contributed by atoms with Crippen molar-refractivity contribution in [1.82, 2.24) is 5.16 Å². The summed E-state index contributed by atoms with van der Waals surface area (Å²) in [4.78, 5) is 0.347. The molecule has 1 atom stereocenters. The fourth-order valence-electron chi connectivity index (χ4n) is 5.25. The van der Waals surface area contributed by atoms with Crippen LogP contribution in [0.25, 0.3) is 11.3 Å². The van der Waals surface area contributed by atoms with Crippen LogP contribution in [0, 0.1) is 0 Å². The van der Waals surface area contributed by atoms with E-state index in [-0.39, 0.29) is 12.5 Å². The zero-order valence-corrected chi connectivity index (χ0v) is 23.7. The summed E-state index contributed by atoms with van der Waals surface area (Å²) in [5.41, 5.74) is 2.45. The molecule has 0 radical (unpaired) electrons. The third-order valence-corrected chi connectivity index (χ3v) is 9.09. The van der Waals surface area contributed by atoms with E-state index in [4.69, 9.17) is 44.1 Å². The van der Waals surface area contributed by atoms with E-state index in [2.05, 4.69) is 5.16 Å². The topological polar surface area (TPSA) is 92.8 Å². The summed E-state index contributed by atoms with van der Waals surface area (Å²) < 4.78 is 32.7. The monoisotopic (exact) mass is 603 g/mol. The first-order valence-electron chi connectivity index (χ1n) is 12.5. The molecule has 2 saturated carbocycles. The fourth-order valence-corrected chi connectivity index (χ4v) is 6.61. The van der Waals surface area contributed by atoms with Gasteiger partial charge in [0.25, 0.3) is 0 Å². The molecule has 6 rings (SSSR count). The Morgan fingerprint density at radius 3 is 2.36 bits per heavy atom. The van der Waals surface area contributed by atoms with Crippen molar-refractivity contribution >= 4 is 45.9 Å². The van der Waals surface area contributed by atoms with Gasteiger partial charge < -0.3 is 18.9 Å². The van der Waals surface area contributed by atoms with E-state index >= 15 is 0 Å². The molecule has 2 fully saturated rings. The summed E-state index contributed by atoms with van der Waals surface area (Å²) >= 11 is 17.5. The Morgan fingerprint density at radius 2 is 1.69 bits per heavy atom. The third kappa shape index (κ3) is 5.24. The van der Waals surface area contributed by atoms with Gasteiger partial charge in [-0.25, -0.2) is 4.21 Å². The van der Waals surface area contributed by atoms with E-state index in [1.807, 2.05) is 6.07 Å². The fraction of sp³-hybridized carbons (Fsp3) is 0.276. The molecule has 1 unspecified atom stereocenters. The lowest BCUT2D eigenvalue weighted by Gasteiger charge is -2.44. The normalized spacial score (nSPS) is 21.4. The smallest absolute Gasteiger partial charge is 0.186 e. The summed E-state index contributed by atoms with van der Waals surface area (Å²) in [6.45, 7) is 0.191. The Kier molecular flexibility index (Phi) is 7.25. The van der Waals surface area contributed by atoms with Crippen molar-refractivity contribution in [3.8, 4) is 17.0 Å². The molecular formula is C29H24Cl3NO5S. The van der Waals surface area contributed by atoms with E-state index in [0.717, 1.165) is 29.7 Å². The zero-order valence-electron chi connectivity index (χ0n) is 20.6. The van der Waals surface area contributed by atoms with Crippen molar-refractivity contribution in [3.63, 3.8) is 0 Å². The minimum Gasteiger partial charge on any atom is -0.489 e. The molecular weight excluding hydrogens is 581 g/mol. The van der Waals surface area contributed by atoms with E-state index < -0.39 is 16.7 Å². The van der Waals surface area contributed by atoms with Crippen molar-refractivity contribution in [2.24, 2.45) is 0 Å². The summed E-state index contributed by atoms with van der Waals surface area (Å²) in [7, 11) is 0. The predicted molar refractivity (Wildman–Crippen MR) is 151 cm³/mol. The third-order valence-electron chi connectivity index (χ3n) is 7.49. The molecule has 39 heavy (non-hydrogen) atoms.